The first-order valence-electron chi connectivity index (χ1n) is 11.2. The zero-order chi connectivity index (χ0) is 25.1. The van der Waals surface area contributed by atoms with Crippen molar-refractivity contribution >= 4 is 34.7 Å². The highest BCUT2D eigenvalue weighted by Crippen LogP contribution is 2.31. The van der Waals surface area contributed by atoms with Gasteiger partial charge in [-0.05, 0) is 55.3 Å². The van der Waals surface area contributed by atoms with Crippen molar-refractivity contribution in [2.24, 2.45) is 5.73 Å². The fourth-order valence-electron chi connectivity index (χ4n) is 3.88. The summed E-state index contributed by atoms with van der Waals surface area (Å²) in [4.78, 5) is 23.3. The lowest BCUT2D eigenvalue weighted by atomic mass is 10.0. The minimum Gasteiger partial charge on any atom is -0.342 e. The first-order chi connectivity index (χ1) is 16.8. The van der Waals surface area contributed by atoms with Crippen molar-refractivity contribution in [1.82, 2.24) is 19.3 Å². The standard InChI is InChI=1S/C25H25ClF2N6O/c1-3-15-13-16(5-6-17(15)25(35)33(2)11-4-9-29)32-23-24-31-14-20(34(24)12-10-30-23)18-7-8-19(26)22(28)21(18)27/h5-8,10,12-14H,3-4,9,11,29H2,1-2H3,(H,30,32). The summed E-state index contributed by atoms with van der Waals surface area (Å²) in [5.41, 5.74) is 8.61. The Morgan fingerprint density at radius 2 is 2.00 bits per heavy atom. The molecule has 3 N–H and O–H groups in total. The fraction of sp³-hybridized carbons (Fsp3) is 0.240. The van der Waals surface area contributed by atoms with Gasteiger partial charge in [0, 0.05) is 42.8 Å². The number of nitrogens with zero attached hydrogens (tertiary/aromatic N) is 4. The number of anilines is 2. The van der Waals surface area contributed by atoms with Crippen LogP contribution in [0.3, 0.4) is 0 Å². The lowest BCUT2D eigenvalue weighted by Gasteiger charge is -2.19. The second kappa shape index (κ2) is 10.4. The summed E-state index contributed by atoms with van der Waals surface area (Å²) >= 11 is 5.69. The van der Waals surface area contributed by atoms with E-state index in [4.69, 9.17) is 17.3 Å². The minimum atomic E-state index is -1.11. The van der Waals surface area contributed by atoms with Crippen LogP contribution in [0.2, 0.25) is 5.02 Å². The number of carbonyl (C=O) groups excluding carboxylic acids is 1. The van der Waals surface area contributed by atoms with E-state index in [1.54, 1.807) is 34.7 Å². The number of benzene rings is 2. The molecule has 0 radical (unpaired) electrons. The molecule has 0 spiro atoms. The van der Waals surface area contributed by atoms with Crippen LogP contribution in [0.25, 0.3) is 16.9 Å². The molecule has 4 aromatic rings. The van der Waals surface area contributed by atoms with E-state index in [1.165, 1.54) is 24.5 Å². The molecule has 7 nitrogen and oxygen atoms in total. The molecule has 0 aliphatic rings. The molecule has 0 fully saturated rings. The average Bonchev–Trinajstić information content (AvgIpc) is 3.30. The maximum Gasteiger partial charge on any atom is 0.253 e. The van der Waals surface area contributed by atoms with E-state index in [0.29, 0.717) is 42.2 Å². The summed E-state index contributed by atoms with van der Waals surface area (Å²) < 4.78 is 30.2. The van der Waals surface area contributed by atoms with Gasteiger partial charge in [0.05, 0.1) is 16.9 Å². The number of rotatable bonds is 8. The molecule has 0 bridgehead atoms. The number of imidazole rings is 1. The highest BCUT2D eigenvalue weighted by molar-refractivity contribution is 6.30. The first-order valence-corrected chi connectivity index (χ1v) is 11.5. The number of aromatic nitrogens is 3. The number of fused-ring (bicyclic) bond motifs is 1. The minimum absolute atomic E-state index is 0.0337. The van der Waals surface area contributed by atoms with Crippen LogP contribution in [0, 0.1) is 11.6 Å². The van der Waals surface area contributed by atoms with Crippen LogP contribution < -0.4 is 11.1 Å². The molecule has 0 saturated heterocycles. The Morgan fingerprint density at radius 1 is 1.20 bits per heavy atom. The van der Waals surface area contributed by atoms with Gasteiger partial charge in [-0.25, -0.2) is 18.7 Å². The molecule has 182 valence electrons. The van der Waals surface area contributed by atoms with E-state index in [0.717, 1.165) is 17.7 Å². The quantitative estimate of drug-likeness (QED) is 0.332. The number of nitrogens with two attached hydrogens (primary N) is 1. The van der Waals surface area contributed by atoms with Crippen molar-refractivity contribution in [3.05, 3.63) is 76.7 Å². The molecule has 2 heterocycles. The molecular formula is C25H25ClF2N6O. The Labute approximate surface area is 206 Å². The molecule has 0 unspecified atom stereocenters. The van der Waals surface area contributed by atoms with Crippen LogP contribution in [0.1, 0.15) is 29.3 Å². The molecule has 2 aromatic carbocycles. The van der Waals surface area contributed by atoms with E-state index in [9.17, 15) is 13.6 Å². The monoisotopic (exact) mass is 498 g/mol. The van der Waals surface area contributed by atoms with Gasteiger partial charge < -0.3 is 16.0 Å². The van der Waals surface area contributed by atoms with Gasteiger partial charge in [0.25, 0.3) is 5.91 Å². The van der Waals surface area contributed by atoms with Gasteiger partial charge in [0.15, 0.2) is 23.1 Å². The predicted molar refractivity (Wildman–Crippen MR) is 133 cm³/mol. The molecule has 35 heavy (non-hydrogen) atoms. The van der Waals surface area contributed by atoms with Gasteiger partial charge in [0.1, 0.15) is 0 Å². The summed E-state index contributed by atoms with van der Waals surface area (Å²) in [6.45, 7) is 3.09. The number of halogens is 3. The highest BCUT2D eigenvalue weighted by atomic mass is 35.5. The summed E-state index contributed by atoms with van der Waals surface area (Å²) in [7, 11) is 1.76. The Morgan fingerprint density at radius 3 is 2.74 bits per heavy atom. The Kier molecular flexibility index (Phi) is 7.28. The molecule has 0 saturated carbocycles. The van der Waals surface area contributed by atoms with Crippen molar-refractivity contribution in [2.45, 2.75) is 19.8 Å². The maximum atomic E-state index is 14.5. The van der Waals surface area contributed by atoms with Gasteiger partial charge in [-0.2, -0.15) is 0 Å². The zero-order valence-electron chi connectivity index (χ0n) is 19.4. The molecule has 0 aliphatic carbocycles. The maximum absolute atomic E-state index is 14.5. The average molecular weight is 499 g/mol. The van der Waals surface area contributed by atoms with Crippen LogP contribution in [0.4, 0.5) is 20.3 Å². The van der Waals surface area contributed by atoms with Gasteiger partial charge in [0.2, 0.25) is 0 Å². The van der Waals surface area contributed by atoms with Crippen LogP contribution >= 0.6 is 11.6 Å². The SMILES string of the molecule is CCc1cc(Nc2nccn3c(-c4ccc(Cl)c(F)c4F)cnc23)ccc1C(=O)N(C)CCCN. The Hall–Kier alpha value is -3.56. The van der Waals surface area contributed by atoms with Gasteiger partial charge in [-0.15, -0.1) is 0 Å². The highest BCUT2D eigenvalue weighted by Gasteiger charge is 2.19. The summed E-state index contributed by atoms with van der Waals surface area (Å²) in [6, 6.07) is 8.19. The molecular weight excluding hydrogens is 474 g/mol. The molecule has 0 aliphatic heterocycles. The summed E-state index contributed by atoms with van der Waals surface area (Å²) in [5, 5.41) is 2.94. The number of carbonyl (C=O) groups is 1. The van der Waals surface area contributed by atoms with E-state index in [2.05, 4.69) is 15.3 Å². The van der Waals surface area contributed by atoms with E-state index in [1.807, 2.05) is 13.0 Å². The van der Waals surface area contributed by atoms with Crippen molar-refractivity contribution < 1.29 is 13.6 Å². The third kappa shape index (κ3) is 4.82. The largest absolute Gasteiger partial charge is 0.342 e. The third-order valence-electron chi connectivity index (χ3n) is 5.76. The van der Waals surface area contributed by atoms with Gasteiger partial charge in [-0.3, -0.25) is 9.20 Å². The zero-order valence-corrected chi connectivity index (χ0v) is 20.1. The van der Waals surface area contributed by atoms with Crippen molar-refractivity contribution in [2.75, 3.05) is 25.5 Å². The third-order valence-corrected chi connectivity index (χ3v) is 6.05. The fourth-order valence-corrected chi connectivity index (χ4v) is 4.02. The number of hydrogen-bond acceptors (Lipinski definition) is 5. The lowest BCUT2D eigenvalue weighted by Crippen LogP contribution is -2.29. The van der Waals surface area contributed by atoms with Gasteiger partial charge >= 0.3 is 0 Å². The van der Waals surface area contributed by atoms with Crippen molar-refractivity contribution in [3.63, 3.8) is 0 Å². The topological polar surface area (TPSA) is 88.5 Å². The van der Waals surface area contributed by atoms with Crippen LogP contribution in [0.5, 0.6) is 0 Å². The van der Waals surface area contributed by atoms with E-state index < -0.39 is 11.6 Å². The predicted octanol–water partition coefficient (Wildman–Crippen LogP) is 5.05. The summed E-state index contributed by atoms with van der Waals surface area (Å²) in [6.07, 6.45) is 6.00. The van der Waals surface area contributed by atoms with Gasteiger partial charge in [-0.1, -0.05) is 18.5 Å². The normalized spacial score (nSPS) is 11.1. The summed E-state index contributed by atoms with van der Waals surface area (Å²) in [5.74, 6) is -1.79. The van der Waals surface area contributed by atoms with Crippen LogP contribution in [-0.2, 0) is 6.42 Å². The molecule has 1 amide bonds. The van der Waals surface area contributed by atoms with Crippen molar-refractivity contribution in [3.8, 4) is 11.3 Å². The second-order valence-electron chi connectivity index (χ2n) is 8.06. The molecule has 0 atom stereocenters. The van der Waals surface area contributed by atoms with E-state index in [-0.39, 0.29) is 16.5 Å². The van der Waals surface area contributed by atoms with E-state index >= 15 is 0 Å². The molecule has 2 aromatic heterocycles. The number of amides is 1. The number of nitrogens with one attached hydrogen (secondary N) is 1. The van der Waals surface area contributed by atoms with Crippen LogP contribution in [0.15, 0.2) is 48.9 Å². The van der Waals surface area contributed by atoms with Crippen molar-refractivity contribution in [1.29, 1.82) is 0 Å². The Balaban J connectivity index is 1.66. The Bertz CT molecular complexity index is 1390. The van der Waals surface area contributed by atoms with Crippen LogP contribution in [-0.4, -0.2) is 45.3 Å². The first kappa shape index (κ1) is 24.6. The number of aryl methyl sites for hydroxylation is 1. The smallest absolute Gasteiger partial charge is 0.253 e. The number of hydrogen-bond donors (Lipinski definition) is 2. The lowest BCUT2D eigenvalue weighted by molar-refractivity contribution is 0.0793. The second-order valence-corrected chi connectivity index (χ2v) is 8.46. The molecule has 4 rings (SSSR count). The molecule has 10 heteroatoms.